The van der Waals surface area contributed by atoms with Crippen LogP contribution in [0.15, 0.2) is 85.2 Å². The van der Waals surface area contributed by atoms with E-state index in [9.17, 15) is 5.11 Å². The largest absolute Gasteiger partial charge is 0.392 e. The van der Waals surface area contributed by atoms with Crippen molar-refractivity contribution in [2.24, 2.45) is 0 Å². The molecular weight excluding hydrogens is 332 g/mol. The van der Waals surface area contributed by atoms with Crippen molar-refractivity contribution >= 4 is 21.8 Å². The molecule has 3 nitrogen and oxygen atoms in total. The molecule has 3 aromatic carbocycles. The van der Waals surface area contributed by atoms with Crippen LogP contribution in [0.4, 0.5) is 0 Å². The van der Waals surface area contributed by atoms with Crippen molar-refractivity contribution in [1.82, 2.24) is 9.97 Å². The zero-order chi connectivity index (χ0) is 18.2. The molecular formula is C24H18N2O. The van der Waals surface area contributed by atoms with Gasteiger partial charge in [0.15, 0.2) is 0 Å². The first-order valence-corrected chi connectivity index (χ1v) is 8.98. The Morgan fingerprint density at radius 3 is 2.56 bits per heavy atom. The highest BCUT2D eigenvalue weighted by Gasteiger charge is 2.10. The zero-order valence-corrected chi connectivity index (χ0v) is 14.7. The van der Waals surface area contributed by atoms with E-state index in [0.717, 1.165) is 38.9 Å². The summed E-state index contributed by atoms with van der Waals surface area (Å²) in [6.45, 7) is 0.0385. The first kappa shape index (κ1) is 15.8. The zero-order valence-electron chi connectivity index (χ0n) is 14.7. The Morgan fingerprint density at radius 2 is 1.67 bits per heavy atom. The van der Waals surface area contributed by atoms with Crippen LogP contribution in [0.25, 0.3) is 44.1 Å². The van der Waals surface area contributed by atoms with Gasteiger partial charge in [0.25, 0.3) is 0 Å². The molecule has 2 N–H and O–H groups in total. The number of rotatable bonds is 3. The van der Waals surface area contributed by atoms with Gasteiger partial charge in [-0.15, -0.1) is 0 Å². The molecule has 0 atom stereocenters. The molecule has 0 amide bonds. The molecule has 27 heavy (non-hydrogen) atoms. The minimum Gasteiger partial charge on any atom is -0.392 e. The molecule has 0 saturated heterocycles. The number of pyridine rings is 1. The van der Waals surface area contributed by atoms with Crippen LogP contribution in [0.5, 0.6) is 0 Å². The normalized spacial score (nSPS) is 11.3. The number of fused-ring (bicyclic) bond motifs is 2. The predicted molar refractivity (Wildman–Crippen MR) is 110 cm³/mol. The Hall–Kier alpha value is -3.43. The van der Waals surface area contributed by atoms with Crippen LogP contribution in [0.2, 0.25) is 0 Å². The summed E-state index contributed by atoms with van der Waals surface area (Å²) in [5.41, 5.74) is 6.18. The number of aliphatic hydroxyl groups excluding tert-OH is 1. The van der Waals surface area contributed by atoms with Crippen LogP contribution in [0.1, 0.15) is 5.56 Å². The van der Waals surface area contributed by atoms with E-state index < -0.39 is 0 Å². The predicted octanol–water partition coefficient (Wildman–Crippen LogP) is 5.54. The molecule has 0 radical (unpaired) electrons. The van der Waals surface area contributed by atoms with Crippen LogP contribution >= 0.6 is 0 Å². The molecule has 0 unspecified atom stereocenters. The number of nitrogens with one attached hydrogen (secondary N) is 1. The maximum atomic E-state index is 9.43. The maximum absolute atomic E-state index is 9.43. The Kier molecular flexibility index (Phi) is 3.73. The topological polar surface area (TPSA) is 48.9 Å². The van der Waals surface area contributed by atoms with Gasteiger partial charge in [-0.2, -0.15) is 0 Å². The minimum atomic E-state index is 0.0385. The van der Waals surface area contributed by atoms with E-state index >= 15 is 0 Å². The Balaban J connectivity index is 1.66. The molecule has 2 heterocycles. The lowest BCUT2D eigenvalue weighted by Gasteiger charge is -2.06. The lowest BCUT2D eigenvalue weighted by Crippen LogP contribution is -1.85. The third kappa shape index (κ3) is 2.78. The summed E-state index contributed by atoms with van der Waals surface area (Å²) in [5.74, 6) is 0. The number of hydrogen-bond donors (Lipinski definition) is 2. The standard InChI is InChI=1S/C24H18N2O/c27-15-16-4-3-7-20(10-16)23-14-26-24-22(23)12-21(13-25-24)19-9-8-17-5-1-2-6-18(17)11-19/h1-14,27H,15H2,(H,25,26). The van der Waals surface area contributed by atoms with Gasteiger partial charge in [0, 0.05) is 28.9 Å². The van der Waals surface area contributed by atoms with Gasteiger partial charge in [-0.05, 0) is 45.7 Å². The fourth-order valence-electron chi connectivity index (χ4n) is 3.61. The molecule has 0 aliphatic carbocycles. The fraction of sp³-hybridized carbons (Fsp3) is 0.0417. The number of benzene rings is 3. The highest BCUT2D eigenvalue weighted by molar-refractivity contribution is 5.96. The first-order valence-electron chi connectivity index (χ1n) is 8.98. The van der Waals surface area contributed by atoms with Gasteiger partial charge in [-0.3, -0.25) is 0 Å². The monoisotopic (exact) mass is 350 g/mol. The van der Waals surface area contributed by atoms with Crippen LogP contribution in [-0.2, 0) is 6.61 Å². The second kappa shape index (κ2) is 6.38. The Labute approximate surface area is 156 Å². The molecule has 5 aromatic rings. The third-order valence-corrected chi connectivity index (χ3v) is 5.03. The van der Waals surface area contributed by atoms with Crippen molar-refractivity contribution < 1.29 is 5.11 Å². The van der Waals surface area contributed by atoms with Crippen molar-refractivity contribution in [1.29, 1.82) is 0 Å². The molecule has 0 aliphatic heterocycles. The van der Waals surface area contributed by atoms with Crippen molar-refractivity contribution in [2.75, 3.05) is 0 Å². The number of aliphatic hydroxyl groups is 1. The molecule has 0 saturated carbocycles. The molecule has 2 aromatic heterocycles. The van der Waals surface area contributed by atoms with E-state index in [-0.39, 0.29) is 6.61 Å². The lowest BCUT2D eigenvalue weighted by molar-refractivity contribution is 0.282. The fourth-order valence-corrected chi connectivity index (χ4v) is 3.61. The highest BCUT2D eigenvalue weighted by atomic mass is 16.3. The van der Waals surface area contributed by atoms with Gasteiger partial charge in [0.2, 0.25) is 0 Å². The quantitative estimate of drug-likeness (QED) is 0.449. The molecule has 0 spiro atoms. The van der Waals surface area contributed by atoms with Gasteiger partial charge < -0.3 is 10.1 Å². The van der Waals surface area contributed by atoms with Crippen molar-refractivity contribution in [3.63, 3.8) is 0 Å². The molecule has 5 rings (SSSR count). The summed E-state index contributed by atoms with van der Waals surface area (Å²) in [7, 11) is 0. The SMILES string of the molecule is OCc1cccc(-c2c[nH]c3ncc(-c4ccc5ccccc5c4)cc23)c1. The van der Waals surface area contributed by atoms with Crippen molar-refractivity contribution in [3.05, 3.63) is 90.8 Å². The van der Waals surface area contributed by atoms with E-state index in [1.807, 2.05) is 30.6 Å². The Bertz CT molecular complexity index is 1270. The maximum Gasteiger partial charge on any atom is 0.137 e. The van der Waals surface area contributed by atoms with E-state index in [2.05, 4.69) is 64.6 Å². The minimum absolute atomic E-state index is 0.0385. The van der Waals surface area contributed by atoms with Crippen LogP contribution in [0.3, 0.4) is 0 Å². The third-order valence-electron chi connectivity index (χ3n) is 5.03. The molecule has 3 heteroatoms. The van der Waals surface area contributed by atoms with E-state index in [4.69, 9.17) is 0 Å². The molecule has 0 bridgehead atoms. The van der Waals surface area contributed by atoms with Crippen molar-refractivity contribution in [3.8, 4) is 22.3 Å². The second-order valence-electron chi connectivity index (χ2n) is 6.74. The van der Waals surface area contributed by atoms with Crippen molar-refractivity contribution in [2.45, 2.75) is 6.61 Å². The number of H-pyrrole nitrogens is 1. The highest BCUT2D eigenvalue weighted by Crippen LogP contribution is 2.32. The summed E-state index contributed by atoms with van der Waals surface area (Å²) in [5, 5.41) is 13.0. The molecule has 0 aliphatic rings. The summed E-state index contributed by atoms with van der Waals surface area (Å²) < 4.78 is 0. The van der Waals surface area contributed by atoms with Crippen LogP contribution in [0, 0.1) is 0 Å². The summed E-state index contributed by atoms with van der Waals surface area (Å²) >= 11 is 0. The van der Waals surface area contributed by atoms with Gasteiger partial charge in [-0.1, -0.05) is 54.6 Å². The number of hydrogen-bond acceptors (Lipinski definition) is 2. The van der Waals surface area contributed by atoms with Gasteiger partial charge in [-0.25, -0.2) is 4.98 Å². The smallest absolute Gasteiger partial charge is 0.137 e. The van der Waals surface area contributed by atoms with Gasteiger partial charge in [0.1, 0.15) is 5.65 Å². The summed E-state index contributed by atoms with van der Waals surface area (Å²) in [6, 6.07) is 25.0. The summed E-state index contributed by atoms with van der Waals surface area (Å²) in [6.07, 6.45) is 3.90. The average molecular weight is 350 g/mol. The number of aromatic amines is 1. The lowest BCUT2D eigenvalue weighted by atomic mass is 9.99. The number of nitrogens with zero attached hydrogens (tertiary/aromatic N) is 1. The van der Waals surface area contributed by atoms with Gasteiger partial charge >= 0.3 is 0 Å². The average Bonchev–Trinajstić information content (AvgIpc) is 3.16. The van der Waals surface area contributed by atoms with Gasteiger partial charge in [0.05, 0.1) is 6.61 Å². The second-order valence-corrected chi connectivity index (χ2v) is 6.74. The Morgan fingerprint density at radius 1 is 0.778 bits per heavy atom. The summed E-state index contributed by atoms with van der Waals surface area (Å²) in [4.78, 5) is 7.88. The first-order chi connectivity index (χ1) is 13.3. The van der Waals surface area contributed by atoms with Crippen LogP contribution in [-0.4, -0.2) is 15.1 Å². The van der Waals surface area contributed by atoms with Crippen LogP contribution < -0.4 is 0 Å². The molecule has 0 fully saturated rings. The van der Waals surface area contributed by atoms with E-state index in [0.29, 0.717) is 0 Å². The van der Waals surface area contributed by atoms with E-state index in [1.165, 1.54) is 10.8 Å². The molecule has 130 valence electrons. The number of aromatic nitrogens is 2. The van der Waals surface area contributed by atoms with E-state index in [1.54, 1.807) is 0 Å².